The first-order valence-corrected chi connectivity index (χ1v) is 9.40. The summed E-state index contributed by atoms with van der Waals surface area (Å²) in [7, 11) is 0. The largest absolute Gasteiger partial charge is 0.738 e. The van der Waals surface area contributed by atoms with Crippen LogP contribution in [0.2, 0.25) is 0 Å². The summed E-state index contributed by atoms with van der Waals surface area (Å²) in [5, 5.41) is 0. The predicted octanol–water partition coefficient (Wildman–Crippen LogP) is 5.02. The number of halogens is 4. The maximum atomic E-state index is 15.2. The molecule has 0 saturated carbocycles. The summed E-state index contributed by atoms with van der Waals surface area (Å²) in [5.41, 5.74) is 2.52. The van der Waals surface area contributed by atoms with Crippen molar-refractivity contribution in [3.8, 4) is 5.75 Å². The third-order valence-corrected chi connectivity index (χ3v) is 5.60. The lowest BCUT2D eigenvalue weighted by atomic mass is 9.86. The Morgan fingerprint density at radius 1 is 1.16 bits per heavy atom. The smallest absolute Gasteiger partial charge is 0.494 e. The number of benzene rings is 1. The van der Waals surface area contributed by atoms with Crippen LogP contribution in [0.15, 0.2) is 58.9 Å². The SMILES string of the molecule is CCOc1cccc(C2=C3C=CC(Br)=[N+]3[B-](F)(F)n3c(Br)ccc32)c1. The monoisotopic (exact) mass is 468 g/mol. The van der Waals surface area contributed by atoms with Crippen LogP contribution in [0.25, 0.3) is 5.57 Å². The molecule has 0 fully saturated rings. The third-order valence-electron chi connectivity index (χ3n) is 4.30. The van der Waals surface area contributed by atoms with Crippen molar-refractivity contribution in [2.75, 3.05) is 6.61 Å². The number of ether oxygens (including phenoxy) is 1. The van der Waals surface area contributed by atoms with Crippen molar-refractivity contribution in [3.05, 3.63) is 70.1 Å². The number of hydrogen-bond acceptors (Lipinski definition) is 1. The molecule has 1 aromatic heterocycles. The van der Waals surface area contributed by atoms with Crippen molar-refractivity contribution in [2.24, 2.45) is 0 Å². The number of fused-ring (bicyclic) bond motifs is 2. The molecular formula is C17H13BBr2F2N2O. The minimum atomic E-state index is -3.99. The maximum Gasteiger partial charge on any atom is 0.738 e. The van der Waals surface area contributed by atoms with Gasteiger partial charge < -0.3 is 22.3 Å². The Morgan fingerprint density at radius 2 is 1.96 bits per heavy atom. The van der Waals surface area contributed by atoms with E-state index in [0.29, 0.717) is 33.0 Å². The summed E-state index contributed by atoms with van der Waals surface area (Å²) in [6, 6.07) is 10.9. The Bertz CT molecular complexity index is 979. The summed E-state index contributed by atoms with van der Waals surface area (Å²) in [6.45, 7) is -1.54. The average molecular weight is 470 g/mol. The van der Waals surface area contributed by atoms with E-state index in [2.05, 4.69) is 31.9 Å². The zero-order chi connectivity index (χ0) is 17.8. The number of allylic oxidation sites excluding steroid dienone is 2. The van der Waals surface area contributed by atoms with Gasteiger partial charge in [-0.05, 0) is 52.7 Å². The topological polar surface area (TPSA) is 17.2 Å². The summed E-state index contributed by atoms with van der Waals surface area (Å²) in [5.74, 6) is 0.713. The number of rotatable bonds is 3. The van der Waals surface area contributed by atoms with Crippen LogP contribution in [0.5, 0.6) is 5.75 Å². The maximum absolute atomic E-state index is 15.2. The molecule has 25 heavy (non-hydrogen) atoms. The lowest BCUT2D eigenvalue weighted by Crippen LogP contribution is -2.50. The molecular weight excluding hydrogens is 457 g/mol. The molecule has 2 aromatic rings. The van der Waals surface area contributed by atoms with Gasteiger partial charge in [-0.15, -0.1) is 0 Å². The molecule has 0 unspecified atom stereocenters. The fourth-order valence-electron chi connectivity index (χ4n) is 3.34. The van der Waals surface area contributed by atoms with Crippen molar-refractivity contribution < 1.29 is 17.9 Å². The van der Waals surface area contributed by atoms with Crippen LogP contribution in [0.1, 0.15) is 18.2 Å². The summed E-state index contributed by atoms with van der Waals surface area (Å²) in [4.78, 5) is 0. The Morgan fingerprint density at radius 3 is 2.72 bits per heavy atom. The van der Waals surface area contributed by atoms with Gasteiger partial charge in [-0.3, -0.25) is 0 Å². The molecule has 0 saturated heterocycles. The van der Waals surface area contributed by atoms with Gasteiger partial charge in [0.1, 0.15) is 5.75 Å². The molecule has 0 aliphatic carbocycles. The molecule has 0 spiro atoms. The highest BCUT2D eigenvalue weighted by Gasteiger charge is 2.54. The Hall–Kier alpha value is -1.67. The second-order valence-electron chi connectivity index (χ2n) is 5.75. The quantitative estimate of drug-likeness (QED) is 0.577. The van der Waals surface area contributed by atoms with E-state index in [1.54, 1.807) is 24.3 Å². The molecule has 4 rings (SSSR count). The Kier molecular flexibility index (Phi) is 3.99. The van der Waals surface area contributed by atoms with Gasteiger partial charge in [0.2, 0.25) is 4.62 Å². The first kappa shape index (κ1) is 16.8. The molecule has 0 N–H and O–H groups in total. The van der Waals surface area contributed by atoms with Crippen molar-refractivity contribution >= 4 is 49.0 Å². The van der Waals surface area contributed by atoms with Gasteiger partial charge in [0.05, 0.1) is 16.8 Å². The van der Waals surface area contributed by atoms with E-state index in [1.165, 1.54) is 0 Å². The highest BCUT2D eigenvalue weighted by atomic mass is 79.9. The average Bonchev–Trinajstić information content (AvgIpc) is 3.13. The lowest BCUT2D eigenvalue weighted by molar-refractivity contribution is -0.358. The highest BCUT2D eigenvalue weighted by Crippen LogP contribution is 2.42. The van der Waals surface area contributed by atoms with Gasteiger partial charge in [0.25, 0.3) is 0 Å². The number of nitrogens with zero attached hydrogens (tertiary/aromatic N) is 2. The van der Waals surface area contributed by atoms with Crippen LogP contribution in [-0.4, -0.2) is 27.2 Å². The van der Waals surface area contributed by atoms with Crippen LogP contribution in [0.3, 0.4) is 0 Å². The standard InChI is InChI=1S/C17H13BBr2F2N2O/c1-2-25-12-5-3-4-11(10-12)17-13-6-8-15(19)23(13)18(21,22)24-14(17)7-9-16(24)20/h3-10H,2H2,1H3. The Balaban J connectivity index is 2.02. The minimum absolute atomic E-state index is 0.345. The fraction of sp³-hybridized carbons (Fsp3) is 0.118. The van der Waals surface area contributed by atoms with Gasteiger partial charge in [0, 0.05) is 33.8 Å². The van der Waals surface area contributed by atoms with Crippen molar-refractivity contribution in [3.63, 3.8) is 0 Å². The molecule has 8 heteroatoms. The van der Waals surface area contributed by atoms with E-state index in [0.717, 1.165) is 20.1 Å². The molecule has 128 valence electrons. The van der Waals surface area contributed by atoms with Crippen LogP contribution in [0.4, 0.5) is 8.63 Å². The summed E-state index contributed by atoms with van der Waals surface area (Å²) < 4.78 is 38.7. The first-order valence-electron chi connectivity index (χ1n) is 7.82. The fourth-order valence-corrected chi connectivity index (χ4v) is 4.48. The van der Waals surface area contributed by atoms with E-state index in [4.69, 9.17) is 4.74 Å². The van der Waals surface area contributed by atoms with Gasteiger partial charge in [0.15, 0.2) is 5.70 Å². The van der Waals surface area contributed by atoms with E-state index < -0.39 is 6.97 Å². The zero-order valence-electron chi connectivity index (χ0n) is 13.2. The van der Waals surface area contributed by atoms with E-state index >= 15 is 8.63 Å². The molecule has 0 atom stereocenters. The molecule has 0 amide bonds. The highest BCUT2D eigenvalue weighted by molar-refractivity contribution is 9.18. The lowest BCUT2D eigenvalue weighted by Gasteiger charge is -2.32. The van der Waals surface area contributed by atoms with E-state index in [9.17, 15) is 0 Å². The van der Waals surface area contributed by atoms with Crippen molar-refractivity contribution in [1.82, 2.24) is 4.48 Å². The third kappa shape index (κ3) is 2.46. The zero-order valence-corrected chi connectivity index (χ0v) is 16.4. The molecule has 3 heterocycles. The van der Waals surface area contributed by atoms with Crippen LogP contribution >= 0.6 is 31.9 Å². The first-order chi connectivity index (χ1) is 11.9. The van der Waals surface area contributed by atoms with E-state index in [-0.39, 0.29) is 0 Å². The number of aromatic nitrogens is 1. The van der Waals surface area contributed by atoms with Crippen molar-refractivity contribution in [2.45, 2.75) is 6.92 Å². The summed E-state index contributed by atoms with van der Waals surface area (Å²) in [6.07, 6.45) is 3.37. The van der Waals surface area contributed by atoms with Gasteiger partial charge in [-0.1, -0.05) is 12.1 Å². The molecule has 2 aliphatic rings. The van der Waals surface area contributed by atoms with Gasteiger partial charge in [-0.2, -0.15) is 0 Å². The van der Waals surface area contributed by atoms with E-state index in [1.807, 2.05) is 31.2 Å². The van der Waals surface area contributed by atoms with Gasteiger partial charge in [-0.25, -0.2) is 0 Å². The molecule has 1 aromatic carbocycles. The van der Waals surface area contributed by atoms with Crippen molar-refractivity contribution in [1.29, 1.82) is 0 Å². The normalized spacial score (nSPS) is 17.8. The summed E-state index contributed by atoms with van der Waals surface area (Å²) >= 11 is 6.53. The molecule has 2 aliphatic heterocycles. The van der Waals surface area contributed by atoms with Crippen LogP contribution < -0.4 is 4.74 Å². The molecule has 3 nitrogen and oxygen atoms in total. The van der Waals surface area contributed by atoms with Crippen LogP contribution in [0, 0.1) is 0 Å². The molecule has 0 bridgehead atoms. The second kappa shape index (κ2) is 5.95. The Labute approximate surface area is 160 Å². The van der Waals surface area contributed by atoms with Crippen LogP contribution in [-0.2, 0) is 0 Å². The second-order valence-corrected chi connectivity index (χ2v) is 7.37. The minimum Gasteiger partial charge on any atom is -0.494 e. The number of hydrogen-bond donors (Lipinski definition) is 0. The van der Waals surface area contributed by atoms with Gasteiger partial charge >= 0.3 is 6.97 Å². The predicted molar refractivity (Wildman–Crippen MR) is 102 cm³/mol. The molecule has 0 radical (unpaired) electrons.